The first-order valence-corrected chi connectivity index (χ1v) is 8.35. The van der Waals surface area contributed by atoms with Crippen molar-refractivity contribution in [1.29, 1.82) is 0 Å². The first kappa shape index (κ1) is 19.7. The van der Waals surface area contributed by atoms with Gasteiger partial charge in [-0.25, -0.2) is 4.79 Å². The molecule has 21 heavy (non-hydrogen) atoms. The summed E-state index contributed by atoms with van der Waals surface area (Å²) in [6.45, 7) is 2.87. The number of carboxylic acid groups (broad SMARTS) is 1. The molecule has 0 aliphatic carbocycles. The third kappa shape index (κ3) is 16.6. The Balaban J connectivity index is 3.19. The Morgan fingerprint density at radius 3 is 1.76 bits per heavy atom. The van der Waals surface area contributed by atoms with Crippen LogP contribution < -0.4 is 5.32 Å². The van der Waals surface area contributed by atoms with E-state index in [0.717, 1.165) is 25.0 Å². The van der Waals surface area contributed by atoms with Gasteiger partial charge < -0.3 is 10.4 Å². The topological polar surface area (TPSA) is 66.4 Å². The van der Waals surface area contributed by atoms with Crippen molar-refractivity contribution in [1.82, 2.24) is 5.32 Å². The van der Waals surface area contributed by atoms with E-state index < -0.39 is 5.97 Å². The maximum absolute atomic E-state index is 11.2. The normalized spacial score (nSPS) is 10.9. The number of carbonyl (C=O) groups is 2. The van der Waals surface area contributed by atoms with E-state index in [2.05, 4.69) is 12.2 Å². The summed E-state index contributed by atoms with van der Waals surface area (Å²) in [6, 6.07) is 0. The predicted octanol–water partition coefficient (Wildman–Crippen LogP) is 4.05. The molecule has 0 bridgehead atoms. The Bertz CT molecular complexity index is 300. The smallest absolute Gasteiger partial charge is 0.328 e. The second-order valence-electron chi connectivity index (χ2n) is 5.50. The van der Waals surface area contributed by atoms with Crippen LogP contribution in [0.1, 0.15) is 77.6 Å². The largest absolute Gasteiger partial charge is 0.478 e. The standard InChI is InChI=1S/C17H31NO3/c1-2-3-4-5-6-7-8-9-10-11-12-15-18-16(19)13-14-17(20)21/h13-14H,2-12,15H2,1H3,(H,18,19)(H,20,21). The third-order valence-corrected chi connectivity index (χ3v) is 3.46. The van der Waals surface area contributed by atoms with E-state index in [4.69, 9.17) is 5.11 Å². The fourth-order valence-electron chi connectivity index (χ4n) is 2.21. The first-order chi connectivity index (χ1) is 10.2. The Kier molecular flexibility index (Phi) is 14.1. The van der Waals surface area contributed by atoms with E-state index in [1.165, 1.54) is 57.8 Å². The number of hydrogen-bond acceptors (Lipinski definition) is 2. The summed E-state index contributed by atoms with van der Waals surface area (Å²) >= 11 is 0. The number of rotatable bonds is 14. The van der Waals surface area contributed by atoms with Crippen LogP contribution in [0.3, 0.4) is 0 Å². The molecule has 0 aliphatic heterocycles. The molecule has 4 nitrogen and oxygen atoms in total. The van der Waals surface area contributed by atoms with Gasteiger partial charge in [0.15, 0.2) is 0 Å². The quantitative estimate of drug-likeness (QED) is 0.375. The molecule has 2 N–H and O–H groups in total. The van der Waals surface area contributed by atoms with Crippen LogP contribution in [0, 0.1) is 0 Å². The Morgan fingerprint density at radius 1 is 0.810 bits per heavy atom. The van der Waals surface area contributed by atoms with Crippen molar-refractivity contribution in [2.45, 2.75) is 77.6 Å². The van der Waals surface area contributed by atoms with E-state index in [0.29, 0.717) is 6.54 Å². The van der Waals surface area contributed by atoms with E-state index >= 15 is 0 Å². The summed E-state index contributed by atoms with van der Waals surface area (Å²) in [7, 11) is 0. The molecule has 0 heterocycles. The van der Waals surface area contributed by atoms with Crippen molar-refractivity contribution in [3.05, 3.63) is 12.2 Å². The number of carboxylic acids is 1. The average Bonchev–Trinajstić information content (AvgIpc) is 2.46. The second kappa shape index (κ2) is 15.1. The molecular formula is C17H31NO3. The summed E-state index contributed by atoms with van der Waals surface area (Å²) in [6.07, 6.45) is 16.0. The fourth-order valence-corrected chi connectivity index (χ4v) is 2.21. The van der Waals surface area contributed by atoms with Gasteiger partial charge in [-0.3, -0.25) is 4.79 Å². The monoisotopic (exact) mass is 297 g/mol. The number of aliphatic carboxylic acids is 1. The van der Waals surface area contributed by atoms with E-state index in [1.54, 1.807) is 0 Å². The lowest BCUT2D eigenvalue weighted by atomic mass is 10.1. The van der Waals surface area contributed by atoms with Gasteiger partial charge in [0.05, 0.1) is 0 Å². The van der Waals surface area contributed by atoms with Gasteiger partial charge in [-0.1, -0.05) is 71.1 Å². The Morgan fingerprint density at radius 2 is 1.29 bits per heavy atom. The van der Waals surface area contributed by atoms with Crippen molar-refractivity contribution >= 4 is 11.9 Å². The van der Waals surface area contributed by atoms with Crippen molar-refractivity contribution in [3.63, 3.8) is 0 Å². The predicted molar refractivity (Wildman–Crippen MR) is 86.2 cm³/mol. The minimum Gasteiger partial charge on any atom is -0.478 e. The van der Waals surface area contributed by atoms with Crippen LogP contribution >= 0.6 is 0 Å². The molecule has 0 saturated heterocycles. The molecule has 4 heteroatoms. The highest BCUT2D eigenvalue weighted by molar-refractivity contribution is 5.93. The summed E-state index contributed by atoms with van der Waals surface area (Å²) < 4.78 is 0. The van der Waals surface area contributed by atoms with Gasteiger partial charge in [-0.15, -0.1) is 0 Å². The van der Waals surface area contributed by atoms with Gasteiger partial charge >= 0.3 is 5.97 Å². The SMILES string of the molecule is CCCCCCCCCCCCCNC(=O)C=CC(=O)O. The highest BCUT2D eigenvalue weighted by Gasteiger charge is 1.96. The van der Waals surface area contributed by atoms with Crippen LogP contribution in [0.5, 0.6) is 0 Å². The molecule has 0 aromatic rings. The summed E-state index contributed by atoms with van der Waals surface area (Å²) in [4.78, 5) is 21.4. The molecule has 0 spiro atoms. The minimum absolute atomic E-state index is 0.329. The molecule has 0 saturated carbocycles. The van der Waals surface area contributed by atoms with Crippen molar-refractivity contribution < 1.29 is 14.7 Å². The number of hydrogen-bond donors (Lipinski definition) is 2. The van der Waals surface area contributed by atoms with Crippen LogP contribution in [-0.4, -0.2) is 23.5 Å². The molecule has 1 amide bonds. The highest BCUT2D eigenvalue weighted by atomic mass is 16.4. The van der Waals surface area contributed by atoms with Gasteiger partial charge in [-0.2, -0.15) is 0 Å². The van der Waals surface area contributed by atoms with E-state index in [9.17, 15) is 9.59 Å². The van der Waals surface area contributed by atoms with E-state index in [-0.39, 0.29) is 5.91 Å². The van der Waals surface area contributed by atoms with Crippen LogP contribution in [0.2, 0.25) is 0 Å². The minimum atomic E-state index is -1.10. The highest BCUT2D eigenvalue weighted by Crippen LogP contribution is 2.10. The first-order valence-electron chi connectivity index (χ1n) is 8.35. The van der Waals surface area contributed by atoms with Gasteiger partial charge in [0.2, 0.25) is 5.91 Å². The third-order valence-electron chi connectivity index (χ3n) is 3.46. The zero-order chi connectivity index (χ0) is 15.8. The van der Waals surface area contributed by atoms with E-state index in [1.807, 2.05) is 0 Å². The summed E-state index contributed by atoms with van der Waals surface area (Å²) in [5, 5.41) is 11.0. The van der Waals surface area contributed by atoms with Crippen LogP contribution in [0.4, 0.5) is 0 Å². The molecule has 0 aromatic heterocycles. The maximum Gasteiger partial charge on any atom is 0.328 e. The number of unbranched alkanes of at least 4 members (excludes halogenated alkanes) is 10. The number of nitrogens with one attached hydrogen (secondary N) is 1. The fraction of sp³-hybridized carbons (Fsp3) is 0.765. The Hall–Kier alpha value is -1.32. The van der Waals surface area contributed by atoms with Crippen molar-refractivity contribution in [2.75, 3.05) is 6.54 Å². The molecule has 0 aromatic carbocycles. The lowest BCUT2D eigenvalue weighted by Crippen LogP contribution is -2.22. The number of carbonyl (C=O) groups excluding carboxylic acids is 1. The molecule has 0 unspecified atom stereocenters. The second-order valence-corrected chi connectivity index (χ2v) is 5.50. The van der Waals surface area contributed by atoms with Gasteiger partial charge in [0.1, 0.15) is 0 Å². The summed E-state index contributed by atoms with van der Waals surface area (Å²) in [5.74, 6) is -1.43. The summed E-state index contributed by atoms with van der Waals surface area (Å²) in [5.41, 5.74) is 0. The van der Waals surface area contributed by atoms with Gasteiger partial charge in [0, 0.05) is 18.7 Å². The molecule has 0 aliphatic rings. The van der Waals surface area contributed by atoms with Crippen molar-refractivity contribution in [3.8, 4) is 0 Å². The van der Waals surface area contributed by atoms with Crippen molar-refractivity contribution in [2.24, 2.45) is 0 Å². The Labute approximate surface area is 129 Å². The zero-order valence-electron chi connectivity index (χ0n) is 13.4. The molecule has 0 fully saturated rings. The molecular weight excluding hydrogens is 266 g/mol. The van der Waals surface area contributed by atoms with Crippen LogP contribution in [0.15, 0.2) is 12.2 Å². The molecule has 0 radical (unpaired) electrons. The molecule has 122 valence electrons. The van der Waals surface area contributed by atoms with Gasteiger partial charge in [-0.05, 0) is 6.42 Å². The lowest BCUT2D eigenvalue weighted by molar-refractivity contribution is -0.131. The maximum atomic E-state index is 11.2. The number of amides is 1. The lowest BCUT2D eigenvalue weighted by Gasteiger charge is -2.03. The van der Waals surface area contributed by atoms with Gasteiger partial charge in [0.25, 0.3) is 0 Å². The molecule has 0 rings (SSSR count). The molecule has 0 atom stereocenters. The zero-order valence-corrected chi connectivity index (χ0v) is 13.4. The average molecular weight is 297 g/mol. The van der Waals surface area contributed by atoms with Crippen LogP contribution in [-0.2, 0) is 9.59 Å². The van der Waals surface area contributed by atoms with Crippen LogP contribution in [0.25, 0.3) is 0 Å².